The number of fused-ring (bicyclic) bond motifs is 1. The van der Waals surface area contributed by atoms with Crippen LogP contribution in [-0.4, -0.2) is 13.2 Å². The summed E-state index contributed by atoms with van der Waals surface area (Å²) in [6, 6.07) is 7.61. The van der Waals surface area contributed by atoms with Crippen LogP contribution in [0.1, 0.15) is 18.3 Å². The van der Waals surface area contributed by atoms with Gasteiger partial charge in [0.1, 0.15) is 0 Å². The van der Waals surface area contributed by atoms with Gasteiger partial charge in [0.25, 0.3) is 0 Å². The van der Waals surface area contributed by atoms with Crippen LogP contribution in [0.2, 0.25) is 0 Å². The highest BCUT2D eigenvalue weighted by molar-refractivity contribution is 7.16. The number of benzene rings is 1. The van der Waals surface area contributed by atoms with Gasteiger partial charge in [-0.1, -0.05) is 12.1 Å². The number of hydrogen-bond donors (Lipinski definition) is 0. The zero-order valence-electron chi connectivity index (χ0n) is 9.22. The maximum Gasteiger partial charge on any atom is 0.196 e. The predicted molar refractivity (Wildman–Crippen MR) is 67.4 cm³/mol. The summed E-state index contributed by atoms with van der Waals surface area (Å²) in [5, 5.41) is 2.59. The molecule has 0 N–H and O–H groups in total. The Morgan fingerprint density at radius 3 is 2.76 bits per heavy atom. The molecule has 0 bridgehead atoms. The average molecular weight is 248 g/mol. The molecule has 1 fully saturated rings. The van der Waals surface area contributed by atoms with E-state index in [0.717, 1.165) is 16.5 Å². The molecule has 0 saturated carbocycles. The molecule has 1 aromatic carbocycles. The summed E-state index contributed by atoms with van der Waals surface area (Å²) in [5.41, 5.74) is 0.639. The van der Waals surface area contributed by atoms with E-state index in [1.54, 1.807) is 11.3 Å². The summed E-state index contributed by atoms with van der Waals surface area (Å²) in [6.45, 7) is 1.31. The third-order valence-electron chi connectivity index (χ3n) is 2.79. The number of ether oxygens (including phenoxy) is 2. The van der Waals surface area contributed by atoms with E-state index in [4.69, 9.17) is 9.47 Å². The quantitative estimate of drug-likeness (QED) is 0.778. The third kappa shape index (κ3) is 1.99. The van der Waals surface area contributed by atoms with E-state index in [9.17, 15) is 4.79 Å². The molecule has 0 aliphatic carbocycles. The third-order valence-corrected chi connectivity index (χ3v) is 3.77. The Morgan fingerprint density at radius 1 is 1.18 bits per heavy atom. The lowest BCUT2D eigenvalue weighted by molar-refractivity contribution is -0.183. The van der Waals surface area contributed by atoms with Gasteiger partial charge >= 0.3 is 0 Å². The Hall–Kier alpha value is -1.23. The van der Waals surface area contributed by atoms with Gasteiger partial charge in [-0.15, -0.1) is 11.3 Å². The smallest absolute Gasteiger partial charge is 0.196 e. The van der Waals surface area contributed by atoms with Crippen molar-refractivity contribution in [3.63, 3.8) is 0 Å². The minimum atomic E-state index is -0.489. The number of rotatable bonds is 1. The van der Waals surface area contributed by atoms with Crippen LogP contribution in [-0.2, 0) is 9.47 Å². The Bertz CT molecular complexity index is 584. The summed E-state index contributed by atoms with van der Waals surface area (Å²) in [5.74, 6) is 0. The Balaban J connectivity index is 2.11. The highest BCUT2D eigenvalue weighted by Gasteiger charge is 2.20. The molecule has 17 heavy (non-hydrogen) atoms. The fraction of sp³-hybridized carbons (Fsp3) is 0.308. The van der Waals surface area contributed by atoms with E-state index in [1.165, 1.54) is 0 Å². The average Bonchev–Trinajstić information content (AvgIpc) is 2.40. The minimum Gasteiger partial charge on any atom is -0.348 e. The zero-order valence-corrected chi connectivity index (χ0v) is 10.0. The summed E-state index contributed by atoms with van der Waals surface area (Å²) in [6.07, 6.45) is 0.402. The standard InChI is InChI=1S/C13H12O3S/c14-12-9-4-1-2-5-11(9)17-8-10(12)13-15-6-3-7-16-13/h1-2,4-5,8,13H,3,6-7H2. The van der Waals surface area contributed by atoms with Crippen molar-refractivity contribution in [2.24, 2.45) is 0 Å². The van der Waals surface area contributed by atoms with E-state index in [2.05, 4.69) is 0 Å². The van der Waals surface area contributed by atoms with E-state index < -0.39 is 6.29 Å². The Morgan fingerprint density at radius 2 is 1.94 bits per heavy atom. The minimum absolute atomic E-state index is 0.0197. The topological polar surface area (TPSA) is 35.5 Å². The van der Waals surface area contributed by atoms with Gasteiger partial charge in [0.15, 0.2) is 11.7 Å². The van der Waals surface area contributed by atoms with Crippen LogP contribution < -0.4 is 5.43 Å². The van der Waals surface area contributed by atoms with Crippen LogP contribution in [0.5, 0.6) is 0 Å². The van der Waals surface area contributed by atoms with Crippen LogP contribution in [0.15, 0.2) is 34.4 Å². The van der Waals surface area contributed by atoms with Crippen LogP contribution in [0.25, 0.3) is 10.1 Å². The summed E-state index contributed by atoms with van der Waals surface area (Å²) >= 11 is 1.55. The highest BCUT2D eigenvalue weighted by atomic mass is 32.1. The van der Waals surface area contributed by atoms with Crippen LogP contribution in [0, 0.1) is 0 Å². The molecule has 0 radical (unpaired) electrons. The highest BCUT2D eigenvalue weighted by Crippen LogP contribution is 2.24. The largest absolute Gasteiger partial charge is 0.348 e. The molecule has 0 amide bonds. The van der Waals surface area contributed by atoms with Crippen molar-refractivity contribution in [1.82, 2.24) is 0 Å². The molecule has 1 aliphatic heterocycles. The van der Waals surface area contributed by atoms with Crippen molar-refractivity contribution in [3.05, 3.63) is 45.4 Å². The van der Waals surface area contributed by atoms with E-state index >= 15 is 0 Å². The van der Waals surface area contributed by atoms with Gasteiger partial charge in [0, 0.05) is 15.5 Å². The van der Waals surface area contributed by atoms with Gasteiger partial charge in [-0.05, 0) is 18.6 Å². The maximum absolute atomic E-state index is 12.3. The van der Waals surface area contributed by atoms with Gasteiger partial charge in [-0.2, -0.15) is 0 Å². The van der Waals surface area contributed by atoms with E-state index in [1.807, 2.05) is 29.6 Å². The lowest BCUT2D eigenvalue weighted by Crippen LogP contribution is -2.23. The molecule has 2 heterocycles. The SMILES string of the molecule is O=c1c(C2OCCCO2)csc2ccccc12. The maximum atomic E-state index is 12.3. The van der Waals surface area contributed by atoms with Gasteiger partial charge < -0.3 is 9.47 Å². The second-order valence-corrected chi connectivity index (χ2v) is 4.85. The van der Waals surface area contributed by atoms with Crippen molar-refractivity contribution in [3.8, 4) is 0 Å². The normalized spacial score (nSPS) is 17.4. The molecule has 88 valence electrons. The lowest BCUT2D eigenvalue weighted by atomic mass is 10.2. The molecule has 0 atom stereocenters. The van der Waals surface area contributed by atoms with Gasteiger partial charge in [-0.25, -0.2) is 0 Å². The first-order valence-electron chi connectivity index (χ1n) is 5.60. The van der Waals surface area contributed by atoms with Gasteiger partial charge in [0.2, 0.25) is 0 Å². The summed E-state index contributed by atoms with van der Waals surface area (Å²) in [4.78, 5) is 12.3. The Kier molecular flexibility index (Phi) is 2.93. The lowest BCUT2D eigenvalue weighted by Gasteiger charge is -2.22. The second-order valence-electron chi connectivity index (χ2n) is 3.94. The van der Waals surface area contributed by atoms with Crippen molar-refractivity contribution in [2.45, 2.75) is 12.7 Å². The first kappa shape index (κ1) is 10.9. The summed E-state index contributed by atoms with van der Waals surface area (Å²) in [7, 11) is 0. The van der Waals surface area contributed by atoms with E-state index in [-0.39, 0.29) is 5.43 Å². The molecule has 1 aromatic heterocycles. The second kappa shape index (κ2) is 4.56. The molecule has 0 spiro atoms. The molecular weight excluding hydrogens is 236 g/mol. The van der Waals surface area contributed by atoms with Crippen LogP contribution >= 0.6 is 11.3 Å². The predicted octanol–water partition coefficient (Wildman–Crippen LogP) is 2.70. The fourth-order valence-corrected chi connectivity index (χ4v) is 2.84. The summed E-state index contributed by atoms with van der Waals surface area (Å²) < 4.78 is 12.0. The van der Waals surface area contributed by atoms with E-state index in [0.29, 0.717) is 18.8 Å². The first-order valence-corrected chi connectivity index (χ1v) is 6.48. The van der Waals surface area contributed by atoms with Crippen molar-refractivity contribution in [2.75, 3.05) is 13.2 Å². The zero-order chi connectivity index (χ0) is 11.7. The molecule has 2 aromatic rings. The van der Waals surface area contributed by atoms with Crippen molar-refractivity contribution >= 4 is 21.4 Å². The number of hydrogen-bond acceptors (Lipinski definition) is 4. The molecule has 0 unspecified atom stereocenters. The molecule has 1 aliphatic rings. The van der Waals surface area contributed by atoms with Crippen LogP contribution in [0.3, 0.4) is 0 Å². The van der Waals surface area contributed by atoms with Gasteiger partial charge in [0.05, 0.1) is 18.8 Å². The van der Waals surface area contributed by atoms with Crippen molar-refractivity contribution in [1.29, 1.82) is 0 Å². The molecule has 3 rings (SSSR count). The van der Waals surface area contributed by atoms with Gasteiger partial charge in [-0.3, -0.25) is 4.79 Å². The van der Waals surface area contributed by atoms with Crippen molar-refractivity contribution < 1.29 is 9.47 Å². The monoisotopic (exact) mass is 248 g/mol. The Labute approximate surface area is 103 Å². The van der Waals surface area contributed by atoms with Crippen LogP contribution in [0.4, 0.5) is 0 Å². The molecule has 1 saturated heterocycles. The molecule has 3 nitrogen and oxygen atoms in total. The molecule has 4 heteroatoms. The fourth-order valence-electron chi connectivity index (χ4n) is 1.92. The first-order chi connectivity index (χ1) is 8.36. The molecular formula is C13H12O3S.